The molecule has 1 rings (SSSR count). The van der Waals surface area contributed by atoms with Crippen molar-refractivity contribution in [3.8, 4) is 17.6 Å². The molecule has 1 aromatic rings. The Labute approximate surface area is 140 Å². The number of aliphatic hydroxyl groups is 1. The summed E-state index contributed by atoms with van der Waals surface area (Å²) in [6, 6.07) is 1.49. The monoisotopic (exact) mass is 344 g/mol. The van der Waals surface area contributed by atoms with Crippen LogP contribution in [-0.4, -0.2) is 34.2 Å². The van der Waals surface area contributed by atoms with Gasteiger partial charge in [-0.05, 0) is 20.3 Å². The normalized spacial score (nSPS) is 14.3. The number of aromatic nitrogens is 1. The van der Waals surface area contributed by atoms with Crippen molar-refractivity contribution in [1.82, 2.24) is 10.3 Å². The first-order chi connectivity index (χ1) is 10.3. The molecule has 0 aromatic carbocycles. The Morgan fingerprint density at radius 2 is 2.27 bits per heavy atom. The maximum atomic E-state index is 12.3. The van der Waals surface area contributed by atoms with Crippen LogP contribution in [0.1, 0.15) is 27.2 Å². The number of halogens is 2. The summed E-state index contributed by atoms with van der Waals surface area (Å²) in [6.45, 7) is 4.77. The Morgan fingerprint density at radius 3 is 2.77 bits per heavy atom. The Balaban J connectivity index is 2.83. The second-order valence-electron chi connectivity index (χ2n) is 4.81. The first kappa shape index (κ1) is 18.6. The molecule has 0 bridgehead atoms. The lowest BCUT2D eigenvalue weighted by Gasteiger charge is -2.26. The average molecular weight is 345 g/mol. The molecule has 7 heteroatoms. The smallest absolute Gasteiger partial charge is 0.262 e. The Hall–Kier alpha value is -1.48. The third kappa shape index (κ3) is 5.06. The lowest BCUT2D eigenvalue weighted by molar-refractivity contribution is -0.129. The van der Waals surface area contributed by atoms with E-state index in [2.05, 4.69) is 22.1 Å². The van der Waals surface area contributed by atoms with Crippen molar-refractivity contribution in [1.29, 1.82) is 0 Å². The van der Waals surface area contributed by atoms with Crippen LogP contribution in [0.3, 0.4) is 0 Å². The minimum Gasteiger partial charge on any atom is -0.479 e. The molecule has 0 radical (unpaired) electrons. The highest BCUT2D eigenvalue weighted by Crippen LogP contribution is 2.24. The first-order valence-corrected chi connectivity index (χ1v) is 7.45. The second kappa shape index (κ2) is 8.23. The number of carbonyl (C=O) groups excluding carboxylic acids is 1. The van der Waals surface area contributed by atoms with Crippen LogP contribution in [-0.2, 0) is 4.79 Å². The molecule has 0 spiro atoms. The van der Waals surface area contributed by atoms with E-state index in [4.69, 9.17) is 27.9 Å². The van der Waals surface area contributed by atoms with Crippen LogP contribution in [0.4, 0.5) is 0 Å². The molecule has 0 aliphatic carbocycles. The number of carbonyl (C=O) groups is 1. The summed E-state index contributed by atoms with van der Waals surface area (Å²) in [5, 5.41) is 12.5. The number of hydrogen-bond acceptors (Lipinski definition) is 4. The van der Waals surface area contributed by atoms with Crippen molar-refractivity contribution in [2.75, 3.05) is 6.61 Å². The van der Waals surface area contributed by atoms with Gasteiger partial charge in [0.1, 0.15) is 16.4 Å². The number of pyridine rings is 1. The number of nitrogens with zero attached hydrogens (tertiary/aromatic N) is 1. The van der Waals surface area contributed by atoms with Gasteiger partial charge in [-0.15, -0.1) is 5.92 Å². The van der Waals surface area contributed by atoms with Gasteiger partial charge in [0.2, 0.25) is 0 Å². The Bertz CT molecular complexity index is 598. The van der Waals surface area contributed by atoms with Crippen molar-refractivity contribution in [2.45, 2.75) is 38.8 Å². The van der Waals surface area contributed by atoms with Gasteiger partial charge < -0.3 is 15.2 Å². The molecule has 2 atom stereocenters. The summed E-state index contributed by atoms with van der Waals surface area (Å²) in [6.07, 6.45) is 1.05. The van der Waals surface area contributed by atoms with E-state index < -0.39 is 11.6 Å². The van der Waals surface area contributed by atoms with Crippen molar-refractivity contribution in [3.63, 3.8) is 0 Å². The predicted molar refractivity (Wildman–Crippen MR) is 86.0 cm³/mol. The average Bonchev–Trinajstić information content (AvgIpc) is 2.48. The van der Waals surface area contributed by atoms with Crippen LogP contribution in [0, 0.1) is 11.8 Å². The fourth-order valence-corrected chi connectivity index (χ4v) is 1.95. The highest BCUT2D eigenvalue weighted by atomic mass is 35.5. The van der Waals surface area contributed by atoms with Crippen LogP contribution >= 0.6 is 23.2 Å². The van der Waals surface area contributed by atoms with Gasteiger partial charge in [0.15, 0.2) is 6.10 Å². The van der Waals surface area contributed by atoms with Crippen LogP contribution in [0.15, 0.2) is 12.3 Å². The minimum atomic E-state index is -1.02. The van der Waals surface area contributed by atoms with E-state index in [0.717, 1.165) is 0 Å². The van der Waals surface area contributed by atoms with Gasteiger partial charge in [-0.25, -0.2) is 4.98 Å². The fraction of sp³-hybridized carbons (Fsp3) is 0.467. The van der Waals surface area contributed by atoms with Crippen LogP contribution < -0.4 is 10.1 Å². The highest BCUT2D eigenvalue weighted by Gasteiger charge is 2.28. The van der Waals surface area contributed by atoms with Crippen LogP contribution in [0.2, 0.25) is 10.2 Å². The van der Waals surface area contributed by atoms with Gasteiger partial charge in [-0.3, -0.25) is 4.79 Å². The van der Waals surface area contributed by atoms with E-state index >= 15 is 0 Å². The van der Waals surface area contributed by atoms with Crippen molar-refractivity contribution in [2.24, 2.45) is 0 Å². The number of aliphatic hydroxyl groups excluding tert-OH is 1. The molecule has 1 heterocycles. The zero-order valence-electron chi connectivity index (χ0n) is 12.6. The lowest BCUT2D eigenvalue weighted by atomic mass is 10.0. The van der Waals surface area contributed by atoms with Gasteiger partial charge in [0.25, 0.3) is 5.91 Å². The maximum absolute atomic E-state index is 12.3. The van der Waals surface area contributed by atoms with Gasteiger partial charge in [-0.2, -0.15) is 0 Å². The number of amides is 1. The van der Waals surface area contributed by atoms with Crippen LogP contribution in [0.25, 0.3) is 0 Å². The number of rotatable bonds is 6. The summed E-state index contributed by atoms with van der Waals surface area (Å²) < 4.78 is 5.58. The van der Waals surface area contributed by atoms with E-state index in [1.165, 1.54) is 12.3 Å². The Kier molecular flexibility index (Phi) is 6.95. The van der Waals surface area contributed by atoms with Crippen LogP contribution in [0.5, 0.6) is 5.75 Å². The van der Waals surface area contributed by atoms with Gasteiger partial charge >= 0.3 is 0 Å². The largest absolute Gasteiger partial charge is 0.479 e. The third-order valence-electron chi connectivity index (χ3n) is 2.83. The number of hydrogen-bond donors (Lipinski definition) is 2. The van der Waals surface area contributed by atoms with E-state index in [9.17, 15) is 9.90 Å². The summed E-state index contributed by atoms with van der Waals surface area (Å²) in [5.41, 5.74) is -1.02. The molecule has 1 amide bonds. The molecule has 0 aliphatic heterocycles. The Morgan fingerprint density at radius 1 is 1.59 bits per heavy atom. The standard InChI is InChI=1S/C15H18Cl2N2O3/c1-4-6-15(3,9-20)19-14(21)12(5-2)22-10-7-11(16)13(17)18-8-10/h7-8,12,20H,5,9H2,1-3H3,(H,19,21). The fourth-order valence-electron chi connectivity index (χ4n) is 1.69. The molecular weight excluding hydrogens is 327 g/mol. The zero-order chi connectivity index (χ0) is 16.8. The van der Waals surface area contributed by atoms with Crippen molar-refractivity contribution >= 4 is 29.1 Å². The molecule has 22 heavy (non-hydrogen) atoms. The van der Waals surface area contributed by atoms with Crippen molar-refractivity contribution < 1.29 is 14.6 Å². The van der Waals surface area contributed by atoms with E-state index in [1.54, 1.807) is 20.8 Å². The molecular formula is C15H18Cl2N2O3. The molecule has 0 aliphatic rings. The second-order valence-corrected chi connectivity index (χ2v) is 5.58. The third-order valence-corrected chi connectivity index (χ3v) is 3.52. The summed E-state index contributed by atoms with van der Waals surface area (Å²) in [5.74, 6) is 5.39. The SMILES string of the molecule is CC#CC(C)(CO)NC(=O)C(CC)Oc1cnc(Cl)c(Cl)c1. The highest BCUT2D eigenvalue weighted by molar-refractivity contribution is 6.41. The van der Waals surface area contributed by atoms with Gasteiger partial charge in [-0.1, -0.05) is 36.0 Å². The summed E-state index contributed by atoms with van der Waals surface area (Å²) in [7, 11) is 0. The molecule has 2 unspecified atom stereocenters. The maximum Gasteiger partial charge on any atom is 0.262 e. The minimum absolute atomic E-state index is 0.164. The molecule has 1 aromatic heterocycles. The van der Waals surface area contributed by atoms with Crippen molar-refractivity contribution in [3.05, 3.63) is 22.4 Å². The zero-order valence-corrected chi connectivity index (χ0v) is 14.1. The number of nitrogens with one attached hydrogen (secondary N) is 1. The molecule has 5 nitrogen and oxygen atoms in total. The summed E-state index contributed by atoms with van der Waals surface area (Å²) >= 11 is 11.6. The summed E-state index contributed by atoms with van der Waals surface area (Å²) in [4.78, 5) is 16.1. The lowest BCUT2D eigenvalue weighted by Crippen LogP contribution is -2.52. The molecule has 120 valence electrons. The van der Waals surface area contributed by atoms with E-state index in [0.29, 0.717) is 12.2 Å². The van der Waals surface area contributed by atoms with Gasteiger partial charge in [0.05, 0.1) is 17.8 Å². The molecule has 0 fully saturated rings. The predicted octanol–water partition coefficient (Wildman–Crippen LogP) is 2.44. The van der Waals surface area contributed by atoms with E-state index in [-0.39, 0.29) is 22.7 Å². The molecule has 2 N–H and O–H groups in total. The molecule has 0 saturated carbocycles. The topological polar surface area (TPSA) is 71.5 Å². The molecule has 0 saturated heterocycles. The van der Waals surface area contributed by atoms with Gasteiger partial charge in [0, 0.05) is 6.07 Å². The van der Waals surface area contributed by atoms with E-state index in [1.807, 2.05) is 0 Å². The number of ether oxygens (including phenoxy) is 1. The quantitative estimate of drug-likeness (QED) is 0.614. The first-order valence-electron chi connectivity index (χ1n) is 6.69.